The molecule has 0 aliphatic heterocycles. The van der Waals surface area contributed by atoms with Gasteiger partial charge < -0.3 is 19.0 Å². The minimum Gasteiger partial charge on any atom is -0.478 e. The van der Waals surface area contributed by atoms with E-state index >= 15 is 0 Å². The van der Waals surface area contributed by atoms with Crippen LogP contribution in [0, 0.1) is 12.8 Å². The van der Waals surface area contributed by atoms with Crippen molar-refractivity contribution in [3.8, 4) is 17.2 Å². The topological polar surface area (TPSA) is 86.0 Å². The maximum absolute atomic E-state index is 12.6. The van der Waals surface area contributed by atoms with Gasteiger partial charge in [0, 0.05) is 12.0 Å². The number of aliphatic carboxylic acids is 1. The number of ether oxygens (including phenoxy) is 2. The van der Waals surface area contributed by atoms with E-state index in [9.17, 15) is 14.7 Å². The summed E-state index contributed by atoms with van der Waals surface area (Å²) in [6, 6.07) is 11.9. The molecule has 0 amide bonds. The van der Waals surface area contributed by atoms with Gasteiger partial charge in [0.1, 0.15) is 23.3 Å². The van der Waals surface area contributed by atoms with Crippen LogP contribution in [0.1, 0.15) is 19.4 Å². The monoisotopic (exact) mass is 368 g/mol. The number of carboxylic acids is 1. The van der Waals surface area contributed by atoms with Crippen LogP contribution < -0.4 is 14.9 Å². The highest BCUT2D eigenvalue weighted by Crippen LogP contribution is 2.25. The van der Waals surface area contributed by atoms with Crippen LogP contribution >= 0.6 is 0 Å². The maximum atomic E-state index is 12.6. The number of rotatable bonds is 6. The van der Waals surface area contributed by atoms with Gasteiger partial charge in [-0.25, -0.2) is 4.79 Å². The van der Waals surface area contributed by atoms with Crippen molar-refractivity contribution in [1.82, 2.24) is 0 Å². The van der Waals surface area contributed by atoms with E-state index < -0.39 is 12.1 Å². The third-order valence-electron chi connectivity index (χ3n) is 4.08. The molecule has 1 heterocycles. The number of hydrogen-bond acceptors (Lipinski definition) is 5. The molecule has 0 saturated heterocycles. The van der Waals surface area contributed by atoms with E-state index in [1.807, 2.05) is 19.1 Å². The molecule has 1 atom stereocenters. The Hall–Kier alpha value is -3.28. The quantitative estimate of drug-likeness (QED) is 0.695. The summed E-state index contributed by atoms with van der Waals surface area (Å²) in [6.07, 6.45) is 0.254. The smallest absolute Gasteiger partial charge is 0.345 e. The predicted octanol–water partition coefficient (Wildman–Crippen LogP) is 4.38. The van der Waals surface area contributed by atoms with Gasteiger partial charge in [-0.05, 0) is 31.2 Å². The molecule has 3 aromatic rings. The number of carbonyl (C=O) groups is 1. The summed E-state index contributed by atoms with van der Waals surface area (Å²) >= 11 is 0. The summed E-state index contributed by atoms with van der Waals surface area (Å²) in [6.45, 7) is 5.48. The maximum Gasteiger partial charge on any atom is 0.345 e. The van der Waals surface area contributed by atoms with E-state index in [0.717, 1.165) is 5.56 Å². The molecule has 0 aliphatic rings. The molecular formula is C21H20O6. The molecule has 0 saturated carbocycles. The highest BCUT2D eigenvalue weighted by Gasteiger charge is 2.23. The number of carboxylic acid groups (broad SMARTS) is 1. The number of aryl methyl sites for hydroxylation is 1. The van der Waals surface area contributed by atoms with Gasteiger partial charge >= 0.3 is 5.97 Å². The van der Waals surface area contributed by atoms with E-state index in [2.05, 4.69) is 0 Å². The fraction of sp³-hybridized carbons (Fsp3) is 0.238. The first kappa shape index (κ1) is 18.5. The van der Waals surface area contributed by atoms with Crippen molar-refractivity contribution >= 4 is 16.9 Å². The minimum absolute atomic E-state index is 0.0746. The Bertz CT molecular complexity index is 1020. The minimum atomic E-state index is -1.05. The molecule has 0 bridgehead atoms. The molecule has 0 radical (unpaired) electrons. The van der Waals surface area contributed by atoms with E-state index in [-0.39, 0.29) is 17.1 Å². The number of fused-ring (bicyclic) bond motifs is 1. The van der Waals surface area contributed by atoms with Crippen molar-refractivity contribution < 1.29 is 23.8 Å². The molecule has 0 fully saturated rings. The first-order chi connectivity index (χ1) is 12.8. The molecule has 1 unspecified atom stereocenters. The molecule has 6 heteroatoms. The van der Waals surface area contributed by atoms with Crippen molar-refractivity contribution in [3.63, 3.8) is 0 Å². The lowest BCUT2D eigenvalue weighted by Crippen LogP contribution is -2.32. The molecule has 0 spiro atoms. The molecule has 3 rings (SSSR count). The Morgan fingerprint density at radius 1 is 1.07 bits per heavy atom. The summed E-state index contributed by atoms with van der Waals surface area (Å²) < 4.78 is 16.7. The van der Waals surface area contributed by atoms with Gasteiger partial charge in [0.25, 0.3) is 0 Å². The average Bonchev–Trinajstić information content (AvgIpc) is 2.63. The van der Waals surface area contributed by atoms with E-state index in [1.54, 1.807) is 32.0 Å². The Kier molecular flexibility index (Phi) is 5.16. The van der Waals surface area contributed by atoms with Gasteiger partial charge in [0.2, 0.25) is 11.2 Å². The standard InChI is InChI=1S/C21H20O6/c1-12(2)20(21(23)24)27-15-8-9-16-17(10-15)25-11-18(19(16)22)26-14-6-4-13(3)5-7-14/h4-12,20H,1-3H3,(H,23,24). The van der Waals surface area contributed by atoms with Crippen LogP contribution in [0.15, 0.2) is 57.9 Å². The summed E-state index contributed by atoms with van der Waals surface area (Å²) in [5, 5.41) is 9.56. The van der Waals surface area contributed by atoms with E-state index in [4.69, 9.17) is 13.9 Å². The molecular weight excluding hydrogens is 348 g/mol. The fourth-order valence-electron chi connectivity index (χ4n) is 2.59. The normalized spacial score (nSPS) is 12.1. The zero-order valence-corrected chi connectivity index (χ0v) is 15.3. The Labute approximate surface area is 156 Å². The van der Waals surface area contributed by atoms with Gasteiger partial charge in [-0.2, -0.15) is 0 Å². The van der Waals surface area contributed by atoms with Gasteiger partial charge in [-0.3, -0.25) is 4.79 Å². The zero-order valence-electron chi connectivity index (χ0n) is 15.3. The van der Waals surface area contributed by atoms with Gasteiger partial charge in [-0.1, -0.05) is 31.5 Å². The SMILES string of the molecule is Cc1ccc(Oc2coc3cc(OC(C(=O)O)C(C)C)ccc3c2=O)cc1. The van der Waals surface area contributed by atoms with Crippen LogP contribution in [-0.2, 0) is 4.79 Å². The summed E-state index contributed by atoms with van der Waals surface area (Å²) in [4.78, 5) is 23.9. The van der Waals surface area contributed by atoms with Crippen LogP contribution in [0.3, 0.4) is 0 Å². The number of hydrogen-bond donors (Lipinski definition) is 1. The molecule has 27 heavy (non-hydrogen) atoms. The molecule has 2 aromatic carbocycles. The molecule has 6 nitrogen and oxygen atoms in total. The summed E-state index contributed by atoms with van der Waals surface area (Å²) in [5.41, 5.74) is 1.06. The van der Waals surface area contributed by atoms with Crippen molar-refractivity contribution in [2.45, 2.75) is 26.9 Å². The predicted molar refractivity (Wildman–Crippen MR) is 101 cm³/mol. The highest BCUT2D eigenvalue weighted by molar-refractivity contribution is 5.79. The first-order valence-electron chi connectivity index (χ1n) is 8.54. The summed E-state index contributed by atoms with van der Waals surface area (Å²) in [5.74, 6) is -0.332. The lowest BCUT2D eigenvalue weighted by molar-refractivity contribution is -0.147. The lowest BCUT2D eigenvalue weighted by atomic mass is 10.1. The second-order valence-corrected chi connectivity index (χ2v) is 6.62. The van der Waals surface area contributed by atoms with Gasteiger partial charge in [-0.15, -0.1) is 0 Å². The van der Waals surface area contributed by atoms with Crippen LogP contribution in [0.25, 0.3) is 11.0 Å². The second kappa shape index (κ2) is 7.53. The van der Waals surface area contributed by atoms with Gasteiger partial charge in [0.15, 0.2) is 6.10 Å². The molecule has 1 N–H and O–H groups in total. The van der Waals surface area contributed by atoms with Crippen molar-refractivity contribution in [1.29, 1.82) is 0 Å². The van der Waals surface area contributed by atoms with Crippen molar-refractivity contribution in [2.24, 2.45) is 5.92 Å². The van der Waals surface area contributed by atoms with E-state index in [0.29, 0.717) is 22.5 Å². The van der Waals surface area contributed by atoms with Crippen LogP contribution in [0.5, 0.6) is 17.2 Å². The fourth-order valence-corrected chi connectivity index (χ4v) is 2.59. The Morgan fingerprint density at radius 2 is 1.74 bits per heavy atom. The van der Waals surface area contributed by atoms with Crippen molar-refractivity contribution in [2.75, 3.05) is 0 Å². The van der Waals surface area contributed by atoms with E-state index in [1.165, 1.54) is 18.4 Å². The van der Waals surface area contributed by atoms with Crippen LogP contribution in [0.4, 0.5) is 0 Å². The largest absolute Gasteiger partial charge is 0.478 e. The molecule has 0 aliphatic carbocycles. The molecule has 1 aromatic heterocycles. The zero-order chi connectivity index (χ0) is 19.6. The average molecular weight is 368 g/mol. The lowest BCUT2D eigenvalue weighted by Gasteiger charge is -2.18. The van der Waals surface area contributed by atoms with Crippen LogP contribution in [-0.4, -0.2) is 17.2 Å². The third-order valence-corrected chi connectivity index (χ3v) is 4.08. The summed E-state index contributed by atoms with van der Waals surface area (Å²) in [7, 11) is 0. The second-order valence-electron chi connectivity index (χ2n) is 6.62. The molecule has 140 valence electrons. The first-order valence-corrected chi connectivity index (χ1v) is 8.54. The number of benzene rings is 2. The van der Waals surface area contributed by atoms with Crippen molar-refractivity contribution in [3.05, 3.63) is 64.5 Å². The van der Waals surface area contributed by atoms with Gasteiger partial charge in [0.05, 0.1) is 5.39 Å². The van der Waals surface area contributed by atoms with Crippen LogP contribution in [0.2, 0.25) is 0 Å². The third kappa shape index (κ3) is 4.11. The highest BCUT2D eigenvalue weighted by atomic mass is 16.5. The Balaban J connectivity index is 1.90. The Morgan fingerprint density at radius 3 is 2.37 bits per heavy atom.